The normalized spacial score (nSPS) is 11.7. The Morgan fingerprint density at radius 3 is 2.56 bits per heavy atom. The molecule has 0 radical (unpaired) electrons. The molecule has 0 aliphatic rings. The minimum Gasteiger partial charge on any atom is -0.445 e. The van der Waals surface area contributed by atoms with Gasteiger partial charge in [0.05, 0.1) is 0 Å². The number of esters is 1. The van der Waals surface area contributed by atoms with Crippen molar-refractivity contribution in [3.8, 4) is 5.75 Å². The van der Waals surface area contributed by atoms with E-state index >= 15 is 0 Å². The number of nitrogens with one attached hydrogen (secondary N) is 1. The number of carbonyl (C=O) groups is 2. The largest absolute Gasteiger partial charge is 0.445 e. The number of fused-ring (bicyclic) bond motifs is 1. The third kappa shape index (κ3) is 5.91. The molecule has 1 heterocycles. The molecule has 0 saturated heterocycles. The number of benzene rings is 2. The molecule has 2 aromatic carbocycles. The standard InChI is InChI=1S/C24H25NO6S/c1-15-16(2)22(26)31-21-13-18(9-10-19(15)21)30-23(27)20(11-12-32-3)25-24(28)29-14-17-7-5-4-6-8-17/h4-10,13,20H,11-12,14H2,1-3H3,(H,25,28)/t20-/m1/s1. The molecule has 3 rings (SSSR count). The van der Waals surface area contributed by atoms with Gasteiger partial charge in [0.25, 0.3) is 0 Å². The van der Waals surface area contributed by atoms with Gasteiger partial charge in [0.1, 0.15) is 24.0 Å². The lowest BCUT2D eigenvalue weighted by atomic mass is 10.1. The first-order valence-corrected chi connectivity index (χ1v) is 11.5. The first kappa shape index (κ1) is 23.4. The van der Waals surface area contributed by atoms with E-state index in [1.54, 1.807) is 30.8 Å². The molecule has 1 atom stereocenters. The second-order valence-electron chi connectivity index (χ2n) is 7.26. The third-order valence-electron chi connectivity index (χ3n) is 5.05. The maximum Gasteiger partial charge on any atom is 0.408 e. The van der Waals surface area contributed by atoms with Gasteiger partial charge in [-0.25, -0.2) is 14.4 Å². The number of aryl methyl sites for hydroxylation is 1. The maximum atomic E-state index is 12.8. The molecule has 7 nitrogen and oxygen atoms in total. The number of hydrogen-bond donors (Lipinski definition) is 1. The highest BCUT2D eigenvalue weighted by atomic mass is 32.2. The van der Waals surface area contributed by atoms with Crippen LogP contribution < -0.4 is 15.7 Å². The Morgan fingerprint density at radius 2 is 1.84 bits per heavy atom. The Morgan fingerprint density at radius 1 is 1.09 bits per heavy atom. The molecular weight excluding hydrogens is 430 g/mol. The van der Waals surface area contributed by atoms with Gasteiger partial charge >= 0.3 is 17.7 Å². The second-order valence-corrected chi connectivity index (χ2v) is 8.24. The number of amides is 1. The maximum absolute atomic E-state index is 12.8. The summed E-state index contributed by atoms with van der Waals surface area (Å²) >= 11 is 1.55. The molecule has 0 unspecified atom stereocenters. The quantitative estimate of drug-likeness (QED) is 0.306. The zero-order valence-electron chi connectivity index (χ0n) is 18.2. The van der Waals surface area contributed by atoms with Crippen LogP contribution >= 0.6 is 11.8 Å². The monoisotopic (exact) mass is 455 g/mol. The molecule has 0 aliphatic carbocycles. The molecule has 0 saturated carbocycles. The highest BCUT2D eigenvalue weighted by Gasteiger charge is 2.24. The van der Waals surface area contributed by atoms with Crippen LogP contribution in [0.1, 0.15) is 23.1 Å². The molecule has 1 N–H and O–H groups in total. The smallest absolute Gasteiger partial charge is 0.408 e. The van der Waals surface area contributed by atoms with E-state index in [1.165, 1.54) is 6.07 Å². The van der Waals surface area contributed by atoms with Crippen molar-refractivity contribution >= 4 is 34.8 Å². The fraction of sp³-hybridized carbons (Fsp3) is 0.292. The average molecular weight is 456 g/mol. The number of alkyl carbamates (subject to hydrolysis) is 1. The van der Waals surface area contributed by atoms with Crippen LogP contribution in [0.25, 0.3) is 11.0 Å². The van der Waals surface area contributed by atoms with E-state index < -0.39 is 23.7 Å². The number of rotatable bonds is 8. The molecule has 0 fully saturated rings. The van der Waals surface area contributed by atoms with Gasteiger partial charge < -0.3 is 19.2 Å². The van der Waals surface area contributed by atoms with Gasteiger partial charge in [0.15, 0.2) is 0 Å². The number of carbonyl (C=O) groups excluding carboxylic acids is 2. The Bertz CT molecular complexity index is 1160. The summed E-state index contributed by atoms with van der Waals surface area (Å²) in [4.78, 5) is 37.0. The predicted molar refractivity (Wildman–Crippen MR) is 124 cm³/mol. The predicted octanol–water partition coefficient (Wildman–Crippen LogP) is 4.36. The molecule has 0 aliphatic heterocycles. The van der Waals surface area contributed by atoms with Crippen molar-refractivity contribution in [1.29, 1.82) is 0 Å². The summed E-state index contributed by atoms with van der Waals surface area (Å²) in [6.45, 7) is 3.64. The lowest BCUT2D eigenvalue weighted by molar-refractivity contribution is -0.136. The van der Waals surface area contributed by atoms with Crippen LogP contribution in [-0.2, 0) is 16.1 Å². The van der Waals surface area contributed by atoms with Crippen LogP contribution in [0.15, 0.2) is 57.7 Å². The number of thioether (sulfide) groups is 1. The fourth-order valence-corrected chi connectivity index (χ4v) is 3.54. The fourth-order valence-electron chi connectivity index (χ4n) is 3.07. The first-order valence-electron chi connectivity index (χ1n) is 10.1. The van der Waals surface area contributed by atoms with Crippen molar-refractivity contribution in [3.05, 3.63) is 75.6 Å². The molecule has 168 valence electrons. The van der Waals surface area contributed by atoms with Crippen LogP contribution in [0.2, 0.25) is 0 Å². The van der Waals surface area contributed by atoms with E-state index in [1.807, 2.05) is 43.5 Å². The third-order valence-corrected chi connectivity index (χ3v) is 5.69. The zero-order valence-corrected chi connectivity index (χ0v) is 19.0. The van der Waals surface area contributed by atoms with Gasteiger partial charge in [-0.15, -0.1) is 0 Å². The van der Waals surface area contributed by atoms with Crippen molar-refractivity contribution < 1.29 is 23.5 Å². The van der Waals surface area contributed by atoms with Crippen molar-refractivity contribution in [2.75, 3.05) is 12.0 Å². The molecule has 0 bridgehead atoms. The van der Waals surface area contributed by atoms with Gasteiger partial charge in [-0.1, -0.05) is 30.3 Å². The first-order chi connectivity index (χ1) is 15.4. The topological polar surface area (TPSA) is 94.8 Å². The zero-order chi connectivity index (χ0) is 23.1. The lowest BCUT2D eigenvalue weighted by Gasteiger charge is -2.17. The van der Waals surface area contributed by atoms with Gasteiger partial charge in [0.2, 0.25) is 0 Å². The Balaban J connectivity index is 1.69. The van der Waals surface area contributed by atoms with E-state index in [0.717, 1.165) is 16.5 Å². The molecular formula is C24H25NO6S. The lowest BCUT2D eigenvalue weighted by Crippen LogP contribution is -2.43. The van der Waals surface area contributed by atoms with Gasteiger partial charge in [-0.2, -0.15) is 11.8 Å². The van der Waals surface area contributed by atoms with Gasteiger partial charge in [-0.3, -0.25) is 0 Å². The Hall–Kier alpha value is -3.26. The second kappa shape index (κ2) is 10.9. The van der Waals surface area contributed by atoms with Crippen LogP contribution in [0.5, 0.6) is 5.75 Å². The van der Waals surface area contributed by atoms with Crippen molar-refractivity contribution in [1.82, 2.24) is 5.32 Å². The summed E-state index contributed by atoms with van der Waals surface area (Å²) in [7, 11) is 0. The van der Waals surface area contributed by atoms with Crippen molar-refractivity contribution in [3.63, 3.8) is 0 Å². The molecule has 0 spiro atoms. The highest BCUT2D eigenvalue weighted by Crippen LogP contribution is 2.24. The van der Waals surface area contributed by atoms with E-state index in [-0.39, 0.29) is 12.4 Å². The minimum absolute atomic E-state index is 0.0967. The molecule has 1 aromatic heterocycles. The van der Waals surface area contributed by atoms with Crippen LogP contribution in [0.3, 0.4) is 0 Å². The summed E-state index contributed by atoms with van der Waals surface area (Å²) in [5.41, 5.74) is 2.10. The summed E-state index contributed by atoms with van der Waals surface area (Å²) < 4.78 is 16.0. The summed E-state index contributed by atoms with van der Waals surface area (Å²) in [6, 6.07) is 13.2. The van der Waals surface area contributed by atoms with Gasteiger partial charge in [0, 0.05) is 17.0 Å². The van der Waals surface area contributed by atoms with Gasteiger partial charge in [-0.05, 0) is 55.5 Å². The summed E-state index contributed by atoms with van der Waals surface area (Å²) in [5, 5.41) is 3.35. The average Bonchev–Trinajstić information content (AvgIpc) is 2.79. The van der Waals surface area contributed by atoms with Crippen LogP contribution in [0, 0.1) is 13.8 Å². The van der Waals surface area contributed by atoms with E-state index in [9.17, 15) is 14.4 Å². The number of hydrogen-bond acceptors (Lipinski definition) is 7. The Kier molecular flexibility index (Phi) is 7.94. The molecule has 32 heavy (non-hydrogen) atoms. The molecule has 1 amide bonds. The molecule has 8 heteroatoms. The Labute approximate surface area is 190 Å². The summed E-state index contributed by atoms with van der Waals surface area (Å²) in [6.07, 6.45) is 1.58. The number of ether oxygens (including phenoxy) is 2. The van der Waals surface area contributed by atoms with Crippen LogP contribution in [-0.4, -0.2) is 30.1 Å². The van der Waals surface area contributed by atoms with Crippen LogP contribution in [0.4, 0.5) is 4.79 Å². The molecule has 3 aromatic rings. The van der Waals surface area contributed by atoms with E-state index in [4.69, 9.17) is 13.9 Å². The van der Waals surface area contributed by atoms with E-state index in [2.05, 4.69) is 5.32 Å². The van der Waals surface area contributed by atoms with E-state index in [0.29, 0.717) is 23.3 Å². The SMILES string of the molecule is CSCC[C@@H](NC(=O)OCc1ccccc1)C(=O)Oc1ccc2c(C)c(C)c(=O)oc2c1. The van der Waals surface area contributed by atoms with Crippen molar-refractivity contribution in [2.24, 2.45) is 0 Å². The minimum atomic E-state index is -0.881. The van der Waals surface area contributed by atoms with Crippen molar-refractivity contribution in [2.45, 2.75) is 32.9 Å². The summed E-state index contributed by atoms with van der Waals surface area (Å²) in [5.74, 6) is 0.243. The highest BCUT2D eigenvalue weighted by molar-refractivity contribution is 7.98.